The van der Waals surface area contributed by atoms with E-state index in [1.807, 2.05) is 0 Å². The van der Waals surface area contributed by atoms with Gasteiger partial charge in [-0.3, -0.25) is 4.90 Å². The summed E-state index contributed by atoms with van der Waals surface area (Å²) in [6, 6.07) is 0.565. The second-order valence-electron chi connectivity index (χ2n) is 5.86. The Bertz CT molecular complexity index is 238. The van der Waals surface area contributed by atoms with Crippen LogP contribution in [-0.4, -0.2) is 62.5 Å². The van der Waals surface area contributed by atoms with Gasteiger partial charge in [0, 0.05) is 38.9 Å². The standard InChI is InChI=1S/C15H30N2O2/c1-3-17(12-15-7-5-9-19-15)13(2)10-16-11-14-6-4-8-18-14/h13-16H,3-12H2,1-2H3. The minimum absolute atomic E-state index is 0.445. The van der Waals surface area contributed by atoms with E-state index in [-0.39, 0.29) is 0 Å². The highest BCUT2D eigenvalue weighted by Gasteiger charge is 2.21. The number of ether oxygens (including phenoxy) is 2. The highest BCUT2D eigenvalue weighted by atomic mass is 16.5. The van der Waals surface area contributed by atoms with Crippen molar-refractivity contribution in [2.75, 3.05) is 39.4 Å². The molecule has 0 amide bonds. The van der Waals surface area contributed by atoms with Gasteiger partial charge in [-0.1, -0.05) is 6.92 Å². The van der Waals surface area contributed by atoms with Crippen molar-refractivity contribution in [1.82, 2.24) is 10.2 Å². The fraction of sp³-hybridized carbons (Fsp3) is 1.00. The maximum atomic E-state index is 5.74. The van der Waals surface area contributed by atoms with Gasteiger partial charge in [-0.15, -0.1) is 0 Å². The summed E-state index contributed by atoms with van der Waals surface area (Å²) in [5.74, 6) is 0. The Labute approximate surface area is 117 Å². The van der Waals surface area contributed by atoms with Crippen LogP contribution in [0.25, 0.3) is 0 Å². The molecule has 2 rings (SSSR count). The van der Waals surface area contributed by atoms with E-state index in [4.69, 9.17) is 9.47 Å². The van der Waals surface area contributed by atoms with Crippen LogP contribution in [0.4, 0.5) is 0 Å². The lowest BCUT2D eigenvalue weighted by Crippen LogP contribution is -2.45. The molecule has 4 nitrogen and oxygen atoms in total. The lowest BCUT2D eigenvalue weighted by Gasteiger charge is -2.30. The van der Waals surface area contributed by atoms with Crippen LogP contribution in [-0.2, 0) is 9.47 Å². The van der Waals surface area contributed by atoms with E-state index < -0.39 is 0 Å². The third kappa shape index (κ3) is 5.03. The zero-order valence-electron chi connectivity index (χ0n) is 12.6. The normalized spacial score (nSPS) is 29.2. The molecular weight excluding hydrogens is 240 g/mol. The molecule has 2 aliphatic rings. The summed E-state index contributed by atoms with van der Waals surface area (Å²) < 4.78 is 11.4. The Morgan fingerprint density at radius 3 is 2.42 bits per heavy atom. The van der Waals surface area contributed by atoms with Gasteiger partial charge in [-0.2, -0.15) is 0 Å². The second kappa shape index (κ2) is 8.20. The van der Waals surface area contributed by atoms with Gasteiger partial charge in [0.25, 0.3) is 0 Å². The Hall–Kier alpha value is -0.160. The molecule has 3 unspecified atom stereocenters. The monoisotopic (exact) mass is 270 g/mol. The third-order valence-electron chi connectivity index (χ3n) is 4.33. The van der Waals surface area contributed by atoms with Crippen molar-refractivity contribution in [3.63, 3.8) is 0 Å². The Morgan fingerprint density at radius 1 is 1.16 bits per heavy atom. The molecule has 0 aliphatic carbocycles. The minimum Gasteiger partial charge on any atom is -0.377 e. The molecule has 0 spiro atoms. The van der Waals surface area contributed by atoms with Gasteiger partial charge in [-0.25, -0.2) is 0 Å². The predicted molar refractivity (Wildman–Crippen MR) is 77.5 cm³/mol. The molecule has 3 atom stereocenters. The van der Waals surface area contributed by atoms with Crippen molar-refractivity contribution in [2.24, 2.45) is 0 Å². The molecule has 0 saturated carbocycles. The van der Waals surface area contributed by atoms with E-state index in [9.17, 15) is 0 Å². The highest BCUT2D eigenvalue weighted by Crippen LogP contribution is 2.14. The van der Waals surface area contributed by atoms with Gasteiger partial charge >= 0.3 is 0 Å². The zero-order valence-corrected chi connectivity index (χ0v) is 12.6. The van der Waals surface area contributed by atoms with Crippen LogP contribution < -0.4 is 5.32 Å². The summed E-state index contributed by atoms with van der Waals surface area (Å²) in [6.45, 7) is 10.7. The molecular formula is C15H30N2O2. The molecule has 4 heteroatoms. The molecule has 0 aromatic carbocycles. The van der Waals surface area contributed by atoms with E-state index in [1.165, 1.54) is 25.7 Å². The van der Waals surface area contributed by atoms with E-state index in [1.54, 1.807) is 0 Å². The van der Waals surface area contributed by atoms with Crippen molar-refractivity contribution in [3.8, 4) is 0 Å². The minimum atomic E-state index is 0.445. The zero-order chi connectivity index (χ0) is 13.5. The topological polar surface area (TPSA) is 33.7 Å². The third-order valence-corrected chi connectivity index (χ3v) is 4.33. The fourth-order valence-corrected chi connectivity index (χ4v) is 3.06. The number of nitrogens with zero attached hydrogens (tertiary/aromatic N) is 1. The second-order valence-corrected chi connectivity index (χ2v) is 5.86. The van der Waals surface area contributed by atoms with Crippen molar-refractivity contribution in [2.45, 2.75) is 57.8 Å². The van der Waals surface area contributed by atoms with Gasteiger partial charge in [0.1, 0.15) is 0 Å². The smallest absolute Gasteiger partial charge is 0.0702 e. The van der Waals surface area contributed by atoms with Gasteiger partial charge in [0.2, 0.25) is 0 Å². The number of hydrogen-bond acceptors (Lipinski definition) is 4. The van der Waals surface area contributed by atoms with Crippen LogP contribution >= 0.6 is 0 Å². The molecule has 112 valence electrons. The predicted octanol–water partition coefficient (Wildman–Crippen LogP) is 1.64. The maximum absolute atomic E-state index is 5.74. The SMILES string of the molecule is CCN(CC1CCCO1)C(C)CNCC1CCCO1. The van der Waals surface area contributed by atoms with Gasteiger partial charge in [-0.05, 0) is 39.2 Å². The molecule has 2 saturated heterocycles. The van der Waals surface area contributed by atoms with Crippen molar-refractivity contribution < 1.29 is 9.47 Å². The van der Waals surface area contributed by atoms with Gasteiger partial charge in [0.05, 0.1) is 12.2 Å². The first kappa shape index (κ1) is 15.2. The molecule has 0 bridgehead atoms. The summed E-state index contributed by atoms with van der Waals surface area (Å²) in [4.78, 5) is 2.53. The Morgan fingerprint density at radius 2 is 1.84 bits per heavy atom. The Balaban J connectivity index is 1.62. The van der Waals surface area contributed by atoms with E-state index in [0.717, 1.165) is 39.4 Å². The van der Waals surface area contributed by atoms with Crippen molar-refractivity contribution in [1.29, 1.82) is 0 Å². The quantitative estimate of drug-likeness (QED) is 0.727. The summed E-state index contributed by atoms with van der Waals surface area (Å²) in [7, 11) is 0. The summed E-state index contributed by atoms with van der Waals surface area (Å²) in [5, 5.41) is 3.56. The largest absolute Gasteiger partial charge is 0.377 e. The number of rotatable bonds is 8. The molecule has 2 fully saturated rings. The lowest BCUT2D eigenvalue weighted by molar-refractivity contribution is 0.0603. The molecule has 19 heavy (non-hydrogen) atoms. The average Bonchev–Trinajstić information content (AvgIpc) is 3.08. The molecule has 0 aromatic rings. The van der Waals surface area contributed by atoms with E-state index in [2.05, 4.69) is 24.1 Å². The van der Waals surface area contributed by atoms with Crippen LogP contribution in [0.3, 0.4) is 0 Å². The first-order chi connectivity index (χ1) is 9.29. The number of hydrogen-bond donors (Lipinski definition) is 1. The van der Waals surface area contributed by atoms with Crippen LogP contribution in [0.5, 0.6) is 0 Å². The van der Waals surface area contributed by atoms with Crippen LogP contribution in [0.1, 0.15) is 39.5 Å². The van der Waals surface area contributed by atoms with Crippen LogP contribution in [0, 0.1) is 0 Å². The molecule has 0 aromatic heterocycles. The summed E-state index contributed by atoms with van der Waals surface area (Å²) >= 11 is 0. The van der Waals surface area contributed by atoms with Gasteiger partial charge in [0.15, 0.2) is 0 Å². The van der Waals surface area contributed by atoms with Gasteiger partial charge < -0.3 is 14.8 Å². The maximum Gasteiger partial charge on any atom is 0.0702 e. The van der Waals surface area contributed by atoms with Crippen LogP contribution in [0.2, 0.25) is 0 Å². The first-order valence-electron chi connectivity index (χ1n) is 7.97. The lowest BCUT2D eigenvalue weighted by atomic mass is 10.2. The van der Waals surface area contributed by atoms with E-state index >= 15 is 0 Å². The number of nitrogens with one attached hydrogen (secondary N) is 1. The molecule has 2 aliphatic heterocycles. The van der Waals surface area contributed by atoms with Crippen LogP contribution in [0.15, 0.2) is 0 Å². The van der Waals surface area contributed by atoms with E-state index in [0.29, 0.717) is 18.2 Å². The Kier molecular flexibility index (Phi) is 6.57. The number of likely N-dealkylation sites (N-methyl/N-ethyl adjacent to an activating group) is 1. The van der Waals surface area contributed by atoms with Crippen molar-refractivity contribution in [3.05, 3.63) is 0 Å². The average molecular weight is 270 g/mol. The molecule has 0 radical (unpaired) electrons. The van der Waals surface area contributed by atoms with Crippen molar-refractivity contribution >= 4 is 0 Å². The first-order valence-corrected chi connectivity index (χ1v) is 7.97. The highest BCUT2D eigenvalue weighted by molar-refractivity contribution is 4.76. The summed E-state index contributed by atoms with van der Waals surface area (Å²) in [6.07, 6.45) is 5.80. The molecule has 2 heterocycles. The molecule has 1 N–H and O–H groups in total. The fourth-order valence-electron chi connectivity index (χ4n) is 3.06. The summed E-state index contributed by atoms with van der Waals surface area (Å²) in [5.41, 5.74) is 0.